The Morgan fingerprint density at radius 1 is 1.30 bits per heavy atom. The van der Waals surface area contributed by atoms with Crippen molar-refractivity contribution in [3.63, 3.8) is 0 Å². The largest absolute Gasteiger partial charge is 0.465 e. The van der Waals surface area contributed by atoms with Crippen molar-refractivity contribution < 1.29 is 9.53 Å². The van der Waals surface area contributed by atoms with Crippen LogP contribution in [0.25, 0.3) is 0 Å². The number of carbonyl (C=O) groups is 1. The third kappa shape index (κ3) is 2.07. The van der Waals surface area contributed by atoms with E-state index in [0.717, 1.165) is 18.9 Å². The smallest absolute Gasteiger partial charge is 0.340 e. The Labute approximate surface area is 117 Å². The van der Waals surface area contributed by atoms with Crippen molar-refractivity contribution >= 4 is 17.5 Å². The van der Waals surface area contributed by atoms with E-state index in [2.05, 4.69) is 22.0 Å². The standard InChI is InChI=1S/C15H15N3O2/c1-20-15(19)12-6-14(17-7-13(12)16)18-8-10-4-2-3-5-11(10)9-18/h2-7H,8-9,16H2,1H3. The number of pyridine rings is 1. The number of hydrogen-bond donors (Lipinski definition) is 1. The lowest BCUT2D eigenvalue weighted by atomic mass is 10.1. The van der Waals surface area contributed by atoms with Gasteiger partial charge in [-0.2, -0.15) is 0 Å². The molecule has 0 amide bonds. The van der Waals surface area contributed by atoms with Gasteiger partial charge in [0.1, 0.15) is 5.82 Å². The normalized spacial score (nSPS) is 13.2. The molecule has 0 unspecified atom stereocenters. The molecule has 102 valence electrons. The predicted molar refractivity (Wildman–Crippen MR) is 76.3 cm³/mol. The van der Waals surface area contributed by atoms with Crippen molar-refractivity contribution in [2.75, 3.05) is 17.7 Å². The fourth-order valence-electron chi connectivity index (χ4n) is 2.41. The van der Waals surface area contributed by atoms with Gasteiger partial charge in [0, 0.05) is 13.1 Å². The summed E-state index contributed by atoms with van der Waals surface area (Å²) in [5.74, 6) is 0.290. The second kappa shape index (κ2) is 4.85. The van der Waals surface area contributed by atoms with Gasteiger partial charge in [-0.1, -0.05) is 24.3 Å². The summed E-state index contributed by atoms with van der Waals surface area (Å²) in [6, 6.07) is 9.95. The van der Waals surface area contributed by atoms with E-state index in [1.165, 1.54) is 24.4 Å². The highest BCUT2D eigenvalue weighted by Crippen LogP contribution is 2.28. The first-order chi connectivity index (χ1) is 9.69. The van der Waals surface area contributed by atoms with Crippen LogP contribution in [-0.4, -0.2) is 18.1 Å². The van der Waals surface area contributed by atoms with Crippen LogP contribution in [0.3, 0.4) is 0 Å². The summed E-state index contributed by atoms with van der Waals surface area (Å²) in [6.07, 6.45) is 1.50. The molecule has 20 heavy (non-hydrogen) atoms. The maximum atomic E-state index is 11.7. The Bertz CT molecular complexity index is 645. The minimum absolute atomic E-state index is 0.331. The molecule has 5 nitrogen and oxygen atoms in total. The first kappa shape index (κ1) is 12.5. The number of nitrogen functional groups attached to an aromatic ring is 1. The number of carbonyl (C=O) groups excluding carboxylic acids is 1. The lowest BCUT2D eigenvalue weighted by Crippen LogP contribution is -2.17. The number of fused-ring (bicyclic) bond motifs is 1. The number of ether oxygens (including phenoxy) is 1. The minimum atomic E-state index is -0.442. The molecule has 1 aromatic carbocycles. The summed E-state index contributed by atoms with van der Waals surface area (Å²) in [7, 11) is 1.34. The highest BCUT2D eigenvalue weighted by atomic mass is 16.5. The van der Waals surface area contributed by atoms with Crippen LogP contribution in [0, 0.1) is 0 Å². The van der Waals surface area contributed by atoms with Crippen molar-refractivity contribution in [2.24, 2.45) is 0 Å². The molecule has 0 spiro atoms. The van der Waals surface area contributed by atoms with Crippen molar-refractivity contribution in [3.05, 3.63) is 53.2 Å². The quantitative estimate of drug-likeness (QED) is 0.844. The molecule has 2 aromatic rings. The Balaban J connectivity index is 1.91. The van der Waals surface area contributed by atoms with Gasteiger partial charge in [-0.15, -0.1) is 0 Å². The molecular formula is C15H15N3O2. The summed E-state index contributed by atoms with van der Waals surface area (Å²) >= 11 is 0. The molecule has 1 aliphatic heterocycles. The molecule has 0 saturated carbocycles. The Morgan fingerprint density at radius 3 is 2.55 bits per heavy atom. The molecule has 1 aliphatic rings. The first-order valence-corrected chi connectivity index (χ1v) is 6.34. The third-order valence-corrected chi connectivity index (χ3v) is 3.49. The lowest BCUT2D eigenvalue weighted by Gasteiger charge is -2.17. The van der Waals surface area contributed by atoms with Gasteiger partial charge in [0.15, 0.2) is 0 Å². The van der Waals surface area contributed by atoms with Crippen LogP contribution in [0.4, 0.5) is 11.5 Å². The second-order valence-electron chi connectivity index (χ2n) is 4.75. The zero-order valence-electron chi connectivity index (χ0n) is 11.2. The van der Waals surface area contributed by atoms with E-state index in [4.69, 9.17) is 10.5 Å². The van der Waals surface area contributed by atoms with Gasteiger partial charge >= 0.3 is 5.97 Å². The summed E-state index contributed by atoms with van der Waals surface area (Å²) in [5, 5.41) is 0. The summed E-state index contributed by atoms with van der Waals surface area (Å²) in [6.45, 7) is 1.57. The monoisotopic (exact) mass is 269 g/mol. The van der Waals surface area contributed by atoms with Crippen molar-refractivity contribution in [1.29, 1.82) is 0 Å². The van der Waals surface area contributed by atoms with Gasteiger partial charge in [0.2, 0.25) is 0 Å². The zero-order chi connectivity index (χ0) is 14.1. The number of esters is 1. The fraction of sp³-hybridized carbons (Fsp3) is 0.200. The lowest BCUT2D eigenvalue weighted by molar-refractivity contribution is 0.0602. The van der Waals surface area contributed by atoms with Gasteiger partial charge < -0.3 is 15.4 Å². The van der Waals surface area contributed by atoms with Crippen LogP contribution in [0.5, 0.6) is 0 Å². The summed E-state index contributed by atoms with van der Waals surface area (Å²) in [4.78, 5) is 18.1. The van der Waals surface area contributed by atoms with E-state index in [1.54, 1.807) is 6.07 Å². The van der Waals surface area contributed by atoms with E-state index < -0.39 is 5.97 Å². The molecule has 3 rings (SSSR count). The average molecular weight is 269 g/mol. The summed E-state index contributed by atoms with van der Waals surface area (Å²) in [5.41, 5.74) is 9.02. The van der Waals surface area contributed by atoms with Gasteiger partial charge in [0.05, 0.1) is 24.6 Å². The average Bonchev–Trinajstić information content (AvgIpc) is 2.90. The number of methoxy groups -OCH3 is 1. The number of nitrogens with zero attached hydrogens (tertiary/aromatic N) is 2. The van der Waals surface area contributed by atoms with Gasteiger partial charge in [-0.3, -0.25) is 0 Å². The van der Waals surface area contributed by atoms with E-state index in [-0.39, 0.29) is 0 Å². The van der Waals surface area contributed by atoms with E-state index in [9.17, 15) is 4.79 Å². The minimum Gasteiger partial charge on any atom is -0.465 e. The molecule has 0 atom stereocenters. The first-order valence-electron chi connectivity index (χ1n) is 6.34. The molecule has 2 heterocycles. The molecule has 0 fully saturated rings. The molecule has 0 radical (unpaired) electrons. The van der Waals surface area contributed by atoms with Crippen LogP contribution in [0.1, 0.15) is 21.5 Å². The van der Waals surface area contributed by atoms with E-state index >= 15 is 0 Å². The van der Waals surface area contributed by atoms with E-state index in [1.807, 2.05) is 12.1 Å². The predicted octanol–water partition coefficient (Wildman–Crippen LogP) is 1.97. The Kier molecular flexibility index (Phi) is 3.02. The molecular weight excluding hydrogens is 254 g/mol. The van der Waals surface area contributed by atoms with Crippen LogP contribution in [0.15, 0.2) is 36.5 Å². The highest BCUT2D eigenvalue weighted by Gasteiger charge is 2.21. The number of rotatable bonds is 2. The number of aromatic nitrogens is 1. The molecule has 1 aromatic heterocycles. The van der Waals surface area contributed by atoms with Crippen molar-refractivity contribution in [2.45, 2.75) is 13.1 Å². The molecule has 0 bridgehead atoms. The Hall–Kier alpha value is -2.56. The maximum absolute atomic E-state index is 11.7. The molecule has 0 saturated heterocycles. The van der Waals surface area contributed by atoms with Gasteiger partial charge in [-0.25, -0.2) is 9.78 Å². The van der Waals surface area contributed by atoms with Crippen LogP contribution in [-0.2, 0) is 17.8 Å². The zero-order valence-corrected chi connectivity index (χ0v) is 11.2. The fourth-order valence-corrected chi connectivity index (χ4v) is 2.41. The van der Waals surface area contributed by atoms with E-state index in [0.29, 0.717) is 11.3 Å². The SMILES string of the molecule is COC(=O)c1cc(N2Cc3ccccc3C2)ncc1N. The molecule has 0 aliphatic carbocycles. The number of hydrogen-bond acceptors (Lipinski definition) is 5. The van der Waals surface area contributed by atoms with Crippen molar-refractivity contribution in [3.8, 4) is 0 Å². The topological polar surface area (TPSA) is 68.5 Å². The van der Waals surface area contributed by atoms with Crippen LogP contribution >= 0.6 is 0 Å². The van der Waals surface area contributed by atoms with Crippen LogP contribution < -0.4 is 10.6 Å². The van der Waals surface area contributed by atoms with Gasteiger partial charge in [0.25, 0.3) is 0 Å². The van der Waals surface area contributed by atoms with Crippen LogP contribution in [0.2, 0.25) is 0 Å². The maximum Gasteiger partial charge on any atom is 0.340 e. The second-order valence-corrected chi connectivity index (χ2v) is 4.75. The van der Waals surface area contributed by atoms with Crippen molar-refractivity contribution in [1.82, 2.24) is 4.98 Å². The third-order valence-electron chi connectivity index (χ3n) is 3.49. The number of nitrogens with two attached hydrogens (primary N) is 1. The highest BCUT2D eigenvalue weighted by molar-refractivity contribution is 5.95. The number of anilines is 2. The number of benzene rings is 1. The molecule has 2 N–H and O–H groups in total. The van der Waals surface area contributed by atoms with Gasteiger partial charge in [-0.05, 0) is 17.2 Å². The Morgan fingerprint density at radius 2 is 1.95 bits per heavy atom. The molecule has 5 heteroatoms. The summed E-state index contributed by atoms with van der Waals surface area (Å²) < 4.78 is 4.73.